The van der Waals surface area contributed by atoms with Crippen molar-refractivity contribution in [3.63, 3.8) is 0 Å². The lowest BCUT2D eigenvalue weighted by atomic mass is 10.0. The molecule has 264 valence electrons. The smallest absolute Gasteiger partial charge is 0.490 e. The summed E-state index contributed by atoms with van der Waals surface area (Å²) in [5.41, 5.74) is 11.1. The van der Waals surface area contributed by atoms with Crippen molar-refractivity contribution in [3.8, 4) is 16.9 Å². The fourth-order valence-corrected chi connectivity index (χ4v) is 4.96. The van der Waals surface area contributed by atoms with E-state index in [0.29, 0.717) is 38.2 Å². The number of nitrogens with one attached hydrogen (secondary N) is 1. The topological polar surface area (TPSA) is 133 Å². The second-order valence-corrected chi connectivity index (χ2v) is 12.2. The Labute approximate surface area is 297 Å². The minimum atomic E-state index is -5.08. The number of carbonyl (C=O) groups excluding carboxylic acids is 2. The molecule has 50 heavy (non-hydrogen) atoms. The van der Waals surface area contributed by atoms with Gasteiger partial charge in [-0.3, -0.25) is 9.59 Å². The molecule has 0 bridgehead atoms. The zero-order valence-electron chi connectivity index (χ0n) is 27.2. The molecule has 0 unspecified atom stereocenters. The Morgan fingerprint density at radius 3 is 2.12 bits per heavy atom. The Hall–Kier alpha value is -4.94. The molecule has 0 saturated heterocycles. The largest absolute Gasteiger partial charge is 0.508 e. The van der Waals surface area contributed by atoms with E-state index in [1.807, 2.05) is 89.8 Å². The van der Waals surface area contributed by atoms with Crippen LogP contribution >= 0.6 is 15.9 Å². The van der Waals surface area contributed by atoms with Crippen molar-refractivity contribution in [1.29, 1.82) is 0 Å². The second-order valence-electron chi connectivity index (χ2n) is 11.3. The van der Waals surface area contributed by atoms with Crippen molar-refractivity contribution in [2.75, 3.05) is 19.6 Å². The molecular formula is C38H39BrF3N3O5. The molecule has 2 amide bonds. The van der Waals surface area contributed by atoms with E-state index in [2.05, 4.69) is 27.3 Å². The van der Waals surface area contributed by atoms with Crippen LogP contribution in [0.2, 0.25) is 0 Å². The van der Waals surface area contributed by atoms with Crippen LogP contribution in [0.25, 0.3) is 17.2 Å². The zero-order valence-corrected chi connectivity index (χ0v) is 28.8. The molecule has 0 fully saturated rings. The van der Waals surface area contributed by atoms with Crippen LogP contribution in [0, 0.1) is 0 Å². The fraction of sp³-hybridized carbons (Fsp3) is 0.237. The number of alkyl halides is 3. The van der Waals surface area contributed by atoms with Gasteiger partial charge in [-0.1, -0.05) is 76.9 Å². The highest BCUT2D eigenvalue weighted by molar-refractivity contribution is 9.10. The molecule has 0 saturated carbocycles. The number of hydrogen-bond donors (Lipinski definition) is 4. The molecule has 0 atom stereocenters. The first kappa shape index (κ1) is 39.5. The lowest BCUT2D eigenvalue weighted by molar-refractivity contribution is -0.192. The van der Waals surface area contributed by atoms with E-state index < -0.39 is 12.1 Å². The standard InChI is InChI=1S/C36H38BrN3O3.C2HF3O2/c37-33-15-10-27(11-16-33)14-19-35(42)40(23-20-28-12-17-34(41)18-13-28)26-29-6-4-7-30(24-29)31-8-5-9-32(25-31)36(43)39-22-3-1-2-21-38;3-2(4,5)1(6)7/h4-19,24-25,41H,1-3,20-23,26,38H2,(H,39,43);(H,6,7). The molecule has 0 aromatic heterocycles. The Morgan fingerprint density at radius 1 is 0.840 bits per heavy atom. The van der Waals surface area contributed by atoms with Gasteiger partial charge in [0.25, 0.3) is 5.91 Å². The van der Waals surface area contributed by atoms with Crippen LogP contribution in [-0.2, 0) is 22.6 Å². The third-order valence-electron chi connectivity index (χ3n) is 7.37. The highest BCUT2D eigenvalue weighted by Crippen LogP contribution is 2.23. The molecule has 8 nitrogen and oxygen atoms in total. The number of aromatic hydroxyl groups is 1. The maximum absolute atomic E-state index is 13.4. The number of halogens is 4. The highest BCUT2D eigenvalue weighted by atomic mass is 79.9. The van der Waals surface area contributed by atoms with Crippen LogP contribution in [0.1, 0.15) is 46.3 Å². The van der Waals surface area contributed by atoms with Crippen LogP contribution in [0.15, 0.2) is 108 Å². The fourth-order valence-electron chi connectivity index (χ4n) is 4.70. The van der Waals surface area contributed by atoms with E-state index >= 15 is 0 Å². The van der Waals surface area contributed by atoms with Crippen molar-refractivity contribution >= 4 is 39.8 Å². The molecule has 0 heterocycles. The zero-order chi connectivity index (χ0) is 36.5. The molecule has 5 N–H and O–H groups in total. The van der Waals surface area contributed by atoms with Crippen LogP contribution in [-0.4, -0.2) is 58.7 Å². The number of rotatable bonds is 14. The molecule has 0 aliphatic carbocycles. The Morgan fingerprint density at radius 2 is 1.48 bits per heavy atom. The minimum Gasteiger partial charge on any atom is -0.508 e. The summed E-state index contributed by atoms with van der Waals surface area (Å²) in [5.74, 6) is -2.71. The van der Waals surface area contributed by atoms with Gasteiger partial charge in [-0.25, -0.2) is 4.79 Å². The number of amides is 2. The van der Waals surface area contributed by atoms with E-state index in [1.165, 1.54) is 0 Å². The van der Waals surface area contributed by atoms with Crippen LogP contribution in [0.5, 0.6) is 5.75 Å². The van der Waals surface area contributed by atoms with E-state index in [-0.39, 0.29) is 17.6 Å². The average Bonchev–Trinajstić information content (AvgIpc) is 3.10. The van der Waals surface area contributed by atoms with Crippen molar-refractivity contribution in [2.45, 2.75) is 38.4 Å². The number of carboxylic acids is 1. The predicted octanol–water partition coefficient (Wildman–Crippen LogP) is 7.60. The first-order valence-electron chi connectivity index (χ1n) is 15.8. The number of phenolic OH excluding ortho intramolecular Hbond substituents is 1. The van der Waals surface area contributed by atoms with Gasteiger partial charge >= 0.3 is 12.1 Å². The van der Waals surface area contributed by atoms with Crippen molar-refractivity contribution in [3.05, 3.63) is 130 Å². The maximum atomic E-state index is 13.4. The third-order valence-corrected chi connectivity index (χ3v) is 7.90. The third kappa shape index (κ3) is 13.9. The van der Waals surface area contributed by atoms with E-state index in [4.69, 9.17) is 15.6 Å². The van der Waals surface area contributed by atoms with E-state index in [1.54, 1.807) is 18.2 Å². The highest BCUT2D eigenvalue weighted by Gasteiger charge is 2.38. The maximum Gasteiger partial charge on any atom is 0.490 e. The van der Waals surface area contributed by atoms with Gasteiger partial charge in [0.2, 0.25) is 5.91 Å². The van der Waals surface area contributed by atoms with Crippen molar-refractivity contribution < 1.29 is 37.8 Å². The monoisotopic (exact) mass is 753 g/mol. The second kappa shape index (κ2) is 19.9. The van der Waals surface area contributed by atoms with Gasteiger partial charge in [-0.2, -0.15) is 13.2 Å². The molecule has 0 aliphatic heterocycles. The lowest BCUT2D eigenvalue weighted by Crippen LogP contribution is -2.31. The molecule has 12 heteroatoms. The summed E-state index contributed by atoms with van der Waals surface area (Å²) in [6.45, 7) is 2.24. The molecule has 0 spiro atoms. The Kier molecular flexibility index (Phi) is 15.7. The normalized spacial score (nSPS) is 11.1. The number of hydrogen-bond acceptors (Lipinski definition) is 5. The summed E-state index contributed by atoms with van der Waals surface area (Å²) in [5, 5.41) is 19.8. The molecular weight excluding hydrogens is 715 g/mol. The van der Waals surface area contributed by atoms with Gasteiger partial charge in [0.15, 0.2) is 0 Å². The van der Waals surface area contributed by atoms with Gasteiger partial charge in [0, 0.05) is 35.7 Å². The summed E-state index contributed by atoms with van der Waals surface area (Å²) in [6, 6.07) is 30.6. The lowest BCUT2D eigenvalue weighted by Gasteiger charge is -2.22. The number of nitrogens with two attached hydrogens (primary N) is 1. The average molecular weight is 755 g/mol. The Bertz CT molecular complexity index is 1730. The van der Waals surface area contributed by atoms with Crippen molar-refractivity contribution in [1.82, 2.24) is 10.2 Å². The summed E-state index contributed by atoms with van der Waals surface area (Å²) in [6.07, 6.45) is 1.88. The molecule has 4 aromatic rings. The van der Waals surface area contributed by atoms with Crippen molar-refractivity contribution in [2.24, 2.45) is 5.73 Å². The molecule has 4 rings (SSSR count). The number of benzene rings is 4. The minimum absolute atomic E-state index is 0.0859. The van der Waals surface area contributed by atoms with E-state index in [0.717, 1.165) is 51.6 Å². The number of carboxylic acid groups (broad SMARTS) is 1. The van der Waals surface area contributed by atoms with Gasteiger partial charge in [-0.05, 0) is 102 Å². The van der Waals surface area contributed by atoms with Crippen LogP contribution in [0.3, 0.4) is 0 Å². The first-order chi connectivity index (χ1) is 23.8. The first-order valence-corrected chi connectivity index (χ1v) is 16.6. The molecule has 0 radical (unpaired) electrons. The Balaban J connectivity index is 0.000000872. The predicted molar refractivity (Wildman–Crippen MR) is 191 cm³/mol. The number of phenols is 1. The quantitative estimate of drug-likeness (QED) is 0.0775. The van der Waals surface area contributed by atoms with Gasteiger partial charge < -0.3 is 26.2 Å². The van der Waals surface area contributed by atoms with Gasteiger partial charge in [0.1, 0.15) is 5.75 Å². The number of nitrogens with zero attached hydrogens (tertiary/aromatic N) is 1. The SMILES string of the molecule is NCCCCCNC(=O)c1cccc(-c2cccc(CN(CCc3ccc(O)cc3)C(=O)C=Cc3ccc(Br)cc3)c2)c1.O=C(O)C(F)(F)F. The molecule has 0 aliphatic rings. The number of aliphatic carboxylic acids is 1. The van der Waals surface area contributed by atoms with E-state index in [9.17, 15) is 27.9 Å². The van der Waals surface area contributed by atoms with Gasteiger partial charge in [0.05, 0.1) is 0 Å². The summed E-state index contributed by atoms with van der Waals surface area (Å²) >= 11 is 3.45. The summed E-state index contributed by atoms with van der Waals surface area (Å²) in [7, 11) is 0. The van der Waals surface area contributed by atoms with Gasteiger partial charge in [-0.15, -0.1) is 0 Å². The number of unbranched alkanes of at least 4 members (excludes halogenated alkanes) is 2. The summed E-state index contributed by atoms with van der Waals surface area (Å²) < 4.78 is 32.7. The van der Waals surface area contributed by atoms with Crippen LogP contribution < -0.4 is 11.1 Å². The number of carbonyl (C=O) groups is 3. The van der Waals surface area contributed by atoms with Crippen LogP contribution in [0.4, 0.5) is 13.2 Å². The summed E-state index contributed by atoms with van der Waals surface area (Å²) in [4.78, 5) is 36.9. The molecule has 4 aromatic carbocycles.